The molecule has 17 nitrogen and oxygen atoms in total. The number of ether oxygens (including phenoxy) is 2. The van der Waals surface area contributed by atoms with Crippen molar-refractivity contribution in [1.82, 2.24) is 39.4 Å². The topological polar surface area (TPSA) is 191 Å². The number of hydrogen-bond acceptors (Lipinski definition) is 12. The third-order valence-corrected chi connectivity index (χ3v) is 25.2. The number of amides is 4. The maximum absolute atomic E-state index is 15.5. The SMILES string of the molecule is CCn1c(-c2cccnc2[C@H](C)OC)c2c3cc(ccc31)-c1cc(cc(O[Si](CC)(CC)CC)c1)C[C@H](NC(=O)[C@H](C1CCCC1)N(C)C(=O)CN(C)C(=O)[C@H]1[C@@H](C3CC3)N1[S+]([O-])c1ccc(C)cc1)C(=O)N1CCC[C@H](N1)C(=O)OCC(C)(C)C2. The number of likely N-dealkylation sites (N-methyl/N-ethyl adjacent to an activating group) is 2. The Morgan fingerprint density at radius 1 is 0.930 bits per heavy atom. The number of cyclic esters (lactones) is 1. The van der Waals surface area contributed by atoms with E-state index in [0.29, 0.717) is 49.3 Å². The minimum atomic E-state index is -2.28. The first-order chi connectivity index (χ1) is 41.2. The smallest absolute Gasteiger partial charge is 0.324 e. The van der Waals surface area contributed by atoms with Gasteiger partial charge >= 0.3 is 5.97 Å². The van der Waals surface area contributed by atoms with Gasteiger partial charge in [-0.25, -0.2) is 5.43 Å². The van der Waals surface area contributed by atoms with Gasteiger partial charge < -0.3 is 38.1 Å². The molecule has 4 amide bonds. The Kier molecular flexibility index (Phi) is 19.3. The molecule has 8 atom stereocenters. The normalized spacial score (nSPS) is 22.8. The van der Waals surface area contributed by atoms with Gasteiger partial charge in [-0.3, -0.25) is 34.0 Å². The van der Waals surface area contributed by atoms with Gasteiger partial charge in [-0.15, -0.1) is 4.31 Å². The lowest BCUT2D eigenvalue weighted by atomic mass is 9.84. The average molecular weight is 1210 g/mol. The fourth-order valence-corrected chi connectivity index (χ4v) is 17.8. The third-order valence-electron chi connectivity index (χ3n) is 19.2. The number of methoxy groups -OCH3 is 1. The molecule has 0 spiro atoms. The Morgan fingerprint density at radius 2 is 1.65 bits per heavy atom. The molecular formula is C67H90N8O9SSi. The average Bonchev–Trinajstić information content (AvgIpc) is 1.60. The molecule has 3 aliphatic heterocycles. The summed E-state index contributed by atoms with van der Waals surface area (Å²) in [5.41, 5.74) is 11.3. The molecule has 2 unspecified atom stereocenters. The molecule has 86 heavy (non-hydrogen) atoms. The van der Waals surface area contributed by atoms with Gasteiger partial charge in [0.1, 0.15) is 23.9 Å². The summed E-state index contributed by atoms with van der Waals surface area (Å²) in [7, 11) is 2.64. The van der Waals surface area contributed by atoms with Crippen LogP contribution in [0.1, 0.15) is 128 Å². The van der Waals surface area contributed by atoms with Crippen LogP contribution in [0, 0.1) is 24.2 Å². The second-order valence-corrected chi connectivity index (χ2v) is 31.8. The Hall–Kier alpha value is -6.09. The number of rotatable bonds is 19. The summed E-state index contributed by atoms with van der Waals surface area (Å²) < 4.78 is 37.4. The molecule has 5 aliphatic rings. The van der Waals surface area contributed by atoms with E-state index in [2.05, 4.69) is 93.3 Å². The molecule has 2 N–H and O–H groups in total. The summed E-state index contributed by atoms with van der Waals surface area (Å²) in [5.74, 6) is -1.30. The predicted octanol–water partition coefficient (Wildman–Crippen LogP) is 10.1. The molecule has 4 fully saturated rings. The summed E-state index contributed by atoms with van der Waals surface area (Å²) in [6.45, 7) is 17.7. The Labute approximate surface area is 512 Å². The van der Waals surface area contributed by atoms with Crippen LogP contribution in [0.4, 0.5) is 0 Å². The van der Waals surface area contributed by atoms with Gasteiger partial charge in [0.25, 0.3) is 5.91 Å². The van der Waals surface area contributed by atoms with Crippen molar-refractivity contribution in [3.05, 3.63) is 101 Å². The van der Waals surface area contributed by atoms with Gasteiger partial charge in [-0.1, -0.05) is 77.3 Å². The molecule has 5 heterocycles. The summed E-state index contributed by atoms with van der Waals surface area (Å²) in [6.07, 6.45) is 8.17. The number of carbonyl (C=O) groups excluding carboxylic acids is 5. The monoisotopic (exact) mass is 1210 g/mol. The molecular weight excluding hydrogens is 1120 g/mol. The number of nitrogens with one attached hydrogen (secondary N) is 2. The summed E-state index contributed by atoms with van der Waals surface area (Å²) in [4.78, 5) is 82.6. The molecule has 2 aliphatic carbocycles. The maximum atomic E-state index is 15.5. The van der Waals surface area contributed by atoms with Gasteiger partial charge in [0.05, 0.1) is 48.0 Å². The Bertz CT molecular complexity index is 3300. The number of aryl methyl sites for hydroxylation is 2. The van der Waals surface area contributed by atoms with Crippen molar-refractivity contribution in [2.45, 2.75) is 185 Å². The number of aromatic nitrogens is 2. The lowest BCUT2D eigenvalue weighted by molar-refractivity contribution is -0.155. The van der Waals surface area contributed by atoms with Crippen LogP contribution >= 0.6 is 0 Å². The van der Waals surface area contributed by atoms with Crippen LogP contribution in [0.3, 0.4) is 0 Å². The molecule has 0 radical (unpaired) electrons. The minimum Gasteiger partial charge on any atom is -0.593 e. The van der Waals surface area contributed by atoms with Crippen molar-refractivity contribution in [1.29, 1.82) is 0 Å². The van der Waals surface area contributed by atoms with Crippen molar-refractivity contribution < 1.29 is 42.4 Å². The number of pyridine rings is 1. The van der Waals surface area contributed by atoms with E-state index in [-0.39, 0.29) is 56.0 Å². The lowest BCUT2D eigenvalue weighted by Gasteiger charge is -2.37. The van der Waals surface area contributed by atoms with Gasteiger partial charge in [0, 0.05) is 68.8 Å². The predicted molar refractivity (Wildman–Crippen MR) is 337 cm³/mol. The number of hydrazine groups is 1. The molecule has 5 aromatic rings. The van der Waals surface area contributed by atoms with E-state index in [1.54, 1.807) is 31.7 Å². The Morgan fingerprint density at radius 3 is 2.33 bits per heavy atom. The van der Waals surface area contributed by atoms with Crippen LogP contribution in [-0.2, 0) is 64.2 Å². The fourth-order valence-electron chi connectivity index (χ4n) is 13.7. The van der Waals surface area contributed by atoms with Crippen molar-refractivity contribution in [3.63, 3.8) is 0 Å². The third kappa shape index (κ3) is 13.2. The van der Waals surface area contributed by atoms with E-state index in [1.807, 2.05) is 50.2 Å². The number of hydrogen-bond donors (Lipinski definition) is 2. The van der Waals surface area contributed by atoms with Crippen LogP contribution in [0.2, 0.25) is 18.1 Å². The van der Waals surface area contributed by atoms with E-state index in [9.17, 15) is 18.9 Å². The van der Waals surface area contributed by atoms with Crippen molar-refractivity contribution in [2.24, 2.45) is 17.3 Å². The van der Waals surface area contributed by atoms with Gasteiger partial charge in [-0.2, -0.15) is 0 Å². The number of fused-ring (bicyclic) bond motifs is 6. The number of carbonyl (C=O) groups is 5. The summed E-state index contributed by atoms with van der Waals surface area (Å²) in [6, 6.07) is 23.4. The van der Waals surface area contributed by atoms with E-state index in [4.69, 9.17) is 18.9 Å². The van der Waals surface area contributed by atoms with E-state index < -0.39 is 73.0 Å². The van der Waals surface area contributed by atoms with E-state index >= 15 is 9.59 Å². The highest BCUT2D eigenvalue weighted by Gasteiger charge is 2.67. The summed E-state index contributed by atoms with van der Waals surface area (Å²) in [5, 5.41) is 5.74. The van der Waals surface area contributed by atoms with Crippen LogP contribution in [-0.4, -0.2) is 142 Å². The first kappa shape index (κ1) is 62.9. The van der Waals surface area contributed by atoms with Crippen LogP contribution in [0.25, 0.3) is 33.3 Å². The summed E-state index contributed by atoms with van der Waals surface area (Å²) >= 11 is -1.55. The quantitative estimate of drug-likeness (QED) is 0.0345. The second kappa shape index (κ2) is 26.3. The van der Waals surface area contributed by atoms with Crippen molar-refractivity contribution in [2.75, 3.05) is 40.9 Å². The standard InChI is InChI=1S/C67H90N8O9SSi/c1-12-73-56-31-28-47-38-52(56)53(61(73)51-22-18-32-68-58(51)43(6)82-11)39-67(7,8)41-83-66(80)54-23-19-33-74(70-54)64(78)55(36-44-34-48(47)37-49(35-44)84-86(13-2,14-3)15-4)69-63(77)60(45-20-16-17-21-45)72(10)57(76)40-71(9)65(79)62-59(46-26-27-46)75(62)85(81)50-29-24-42(5)25-30-50/h18,22,24-25,28-32,34-35,37-38,43,45-46,54-55,59-60,62,70H,12-17,19-21,23,26-27,33,36,39-41H2,1-11H3,(H,69,77)/t43-,54-,55-,59+,60-,62+,75?,85?/m0/s1. The molecule has 10 rings (SSSR count). The second-order valence-electron chi connectivity index (χ2n) is 25.7. The number of benzene rings is 3. The highest BCUT2D eigenvalue weighted by molar-refractivity contribution is 7.89. The maximum Gasteiger partial charge on any atom is 0.324 e. The molecule has 3 aromatic carbocycles. The molecule has 2 saturated heterocycles. The largest absolute Gasteiger partial charge is 0.593 e. The van der Waals surface area contributed by atoms with Gasteiger partial charge in [0.2, 0.25) is 26.0 Å². The molecule has 2 saturated carbocycles. The number of esters is 1. The highest BCUT2D eigenvalue weighted by atomic mass is 32.2. The van der Waals surface area contributed by atoms with Crippen molar-refractivity contribution >= 4 is 60.2 Å². The zero-order valence-corrected chi connectivity index (χ0v) is 54.2. The highest BCUT2D eigenvalue weighted by Crippen LogP contribution is 2.50. The zero-order valence-electron chi connectivity index (χ0n) is 52.4. The van der Waals surface area contributed by atoms with Crippen LogP contribution < -0.4 is 15.2 Å². The van der Waals surface area contributed by atoms with Gasteiger partial charge in [-0.05, 0) is 166 Å². The minimum absolute atomic E-state index is 0.0663. The first-order valence-electron chi connectivity index (χ1n) is 31.5. The molecule has 462 valence electrons. The van der Waals surface area contributed by atoms with Crippen molar-refractivity contribution in [3.8, 4) is 28.1 Å². The first-order valence-corrected chi connectivity index (χ1v) is 35.1. The number of nitrogens with zero attached hydrogens (tertiary/aromatic N) is 6. The van der Waals surface area contributed by atoms with E-state index in [0.717, 1.165) is 99.5 Å². The fraction of sp³-hybridized carbons (Fsp3) is 0.552. The zero-order chi connectivity index (χ0) is 61.4. The Balaban J connectivity index is 1.02. The van der Waals surface area contributed by atoms with Gasteiger partial charge in [0.15, 0.2) is 10.9 Å². The van der Waals surface area contributed by atoms with Crippen LogP contribution in [0.15, 0.2) is 83.9 Å². The molecule has 2 aromatic heterocycles. The lowest BCUT2D eigenvalue weighted by Crippen LogP contribution is -2.62. The van der Waals surface area contributed by atoms with E-state index in [1.165, 1.54) is 14.8 Å². The van der Waals surface area contributed by atoms with Crippen LogP contribution in [0.5, 0.6) is 5.75 Å². The molecule has 19 heteroatoms. The molecule has 6 bridgehead atoms.